The number of nitrogens with one attached hydrogen (secondary N) is 2. The Kier molecular flexibility index (Phi) is 7.44. The lowest BCUT2D eigenvalue weighted by molar-refractivity contribution is -0.120. The lowest BCUT2D eigenvalue weighted by Gasteiger charge is -2.28. The van der Waals surface area contributed by atoms with E-state index in [-0.39, 0.29) is 11.9 Å². The van der Waals surface area contributed by atoms with Gasteiger partial charge in [0.1, 0.15) is 0 Å². The molecule has 2 saturated heterocycles. The summed E-state index contributed by atoms with van der Waals surface area (Å²) in [5.74, 6) is 0.612. The lowest BCUT2D eigenvalue weighted by Crippen LogP contribution is -2.43. The topological polar surface area (TPSA) is 82.6 Å². The van der Waals surface area contributed by atoms with E-state index in [9.17, 15) is 4.79 Å². The average molecular weight is 487 g/mol. The van der Waals surface area contributed by atoms with E-state index in [4.69, 9.17) is 9.72 Å². The number of likely N-dealkylation sites (tertiary alicyclic amines) is 1. The molecule has 36 heavy (non-hydrogen) atoms. The van der Waals surface area contributed by atoms with Gasteiger partial charge in [-0.15, -0.1) is 0 Å². The molecule has 0 bridgehead atoms. The monoisotopic (exact) mass is 486 g/mol. The number of ether oxygens (including phenoxy) is 1. The first-order valence-corrected chi connectivity index (χ1v) is 12.8. The largest absolute Gasteiger partial charge is 0.378 e. The van der Waals surface area contributed by atoms with Crippen LogP contribution in [0, 0.1) is 0 Å². The van der Waals surface area contributed by atoms with Crippen LogP contribution >= 0.6 is 0 Å². The number of anilines is 4. The second kappa shape index (κ2) is 11.1. The summed E-state index contributed by atoms with van der Waals surface area (Å²) in [7, 11) is 0. The Labute approximate surface area is 212 Å². The third-order valence-electron chi connectivity index (χ3n) is 6.86. The van der Waals surface area contributed by atoms with Gasteiger partial charge in [0, 0.05) is 48.0 Å². The number of carbonyl (C=O) groups is 1. The maximum absolute atomic E-state index is 12.8. The summed E-state index contributed by atoms with van der Waals surface area (Å²) in [6, 6.07) is 18.3. The first-order valence-electron chi connectivity index (χ1n) is 12.8. The van der Waals surface area contributed by atoms with Crippen molar-refractivity contribution in [1.29, 1.82) is 0 Å². The number of morpholine rings is 1. The Morgan fingerprint density at radius 3 is 2.42 bits per heavy atom. The zero-order valence-electron chi connectivity index (χ0n) is 21.0. The molecule has 8 heteroatoms. The molecular weight excluding hydrogens is 452 g/mol. The van der Waals surface area contributed by atoms with Crippen molar-refractivity contribution in [2.45, 2.75) is 38.8 Å². The third kappa shape index (κ3) is 5.66. The van der Waals surface area contributed by atoms with Gasteiger partial charge < -0.3 is 20.3 Å². The molecule has 0 spiro atoms. The normalized spacial score (nSPS) is 18.4. The number of nitrogens with zero attached hydrogens (tertiary/aromatic N) is 4. The van der Waals surface area contributed by atoms with Crippen LogP contribution in [0.2, 0.25) is 0 Å². The molecule has 1 aromatic heterocycles. The van der Waals surface area contributed by atoms with Gasteiger partial charge >= 0.3 is 0 Å². The highest BCUT2D eigenvalue weighted by molar-refractivity contribution is 5.95. The molecule has 3 aromatic rings. The first kappa shape index (κ1) is 24.2. The standard InChI is InChI=1S/C28H34N6O2/c1-20(2)34-15-3-4-26(34)27(35)30-22-7-5-21(6-8-22)25-13-14-29-28(32-25)31-23-9-11-24(12-10-23)33-16-18-36-19-17-33/h5-14,20,26H,3-4,15-19H2,1-2H3,(H,30,35)(H,29,31,32)/t26-/m0/s1. The van der Waals surface area contributed by atoms with E-state index >= 15 is 0 Å². The lowest BCUT2D eigenvalue weighted by atomic mass is 10.1. The Hall–Kier alpha value is -3.49. The minimum atomic E-state index is -0.0527. The van der Waals surface area contributed by atoms with Crippen LogP contribution in [-0.2, 0) is 9.53 Å². The van der Waals surface area contributed by atoms with E-state index in [1.807, 2.05) is 42.5 Å². The number of amides is 1. The second-order valence-electron chi connectivity index (χ2n) is 9.59. The van der Waals surface area contributed by atoms with Crippen molar-refractivity contribution in [2.24, 2.45) is 0 Å². The maximum Gasteiger partial charge on any atom is 0.241 e. The van der Waals surface area contributed by atoms with Gasteiger partial charge in [-0.25, -0.2) is 9.97 Å². The van der Waals surface area contributed by atoms with Gasteiger partial charge in [0.2, 0.25) is 11.9 Å². The molecule has 0 aliphatic carbocycles. The van der Waals surface area contributed by atoms with Gasteiger partial charge in [-0.1, -0.05) is 12.1 Å². The zero-order valence-corrected chi connectivity index (χ0v) is 21.0. The molecule has 8 nitrogen and oxygen atoms in total. The fourth-order valence-corrected chi connectivity index (χ4v) is 4.92. The van der Waals surface area contributed by atoms with Crippen molar-refractivity contribution in [3.05, 3.63) is 60.8 Å². The molecule has 0 unspecified atom stereocenters. The molecule has 188 valence electrons. The molecule has 2 aromatic carbocycles. The smallest absolute Gasteiger partial charge is 0.241 e. The summed E-state index contributed by atoms with van der Waals surface area (Å²) in [5.41, 5.74) is 4.70. The summed E-state index contributed by atoms with van der Waals surface area (Å²) < 4.78 is 5.44. The minimum Gasteiger partial charge on any atom is -0.378 e. The quantitative estimate of drug-likeness (QED) is 0.508. The number of hydrogen-bond donors (Lipinski definition) is 2. The predicted octanol–water partition coefficient (Wildman–Crippen LogP) is 4.54. The van der Waals surface area contributed by atoms with E-state index in [1.54, 1.807) is 6.20 Å². The molecule has 5 rings (SSSR count). The van der Waals surface area contributed by atoms with E-state index in [1.165, 1.54) is 5.69 Å². The van der Waals surface area contributed by atoms with Crippen LogP contribution < -0.4 is 15.5 Å². The summed E-state index contributed by atoms with van der Waals surface area (Å²) >= 11 is 0. The molecule has 2 aliphatic heterocycles. The molecule has 0 saturated carbocycles. The molecule has 1 amide bonds. The molecule has 2 aliphatic rings. The van der Waals surface area contributed by atoms with Crippen molar-refractivity contribution < 1.29 is 9.53 Å². The third-order valence-corrected chi connectivity index (χ3v) is 6.86. The van der Waals surface area contributed by atoms with Crippen LogP contribution in [0.25, 0.3) is 11.3 Å². The Bertz CT molecular complexity index is 1160. The van der Waals surface area contributed by atoms with Gasteiger partial charge in [-0.2, -0.15) is 0 Å². The van der Waals surface area contributed by atoms with Crippen molar-refractivity contribution in [3.63, 3.8) is 0 Å². The highest BCUT2D eigenvalue weighted by atomic mass is 16.5. The van der Waals surface area contributed by atoms with Gasteiger partial charge in [0.25, 0.3) is 0 Å². The number of hydrogen-bond acceptors (Lipinski definition) is 7. The summed E-state index contributed by atoms with van der Waals surface area (Å²) in [6.07, 6.45) is 3.73. The Balaban J connectivity index is 1.22. The fraction of sp³-hybridized carbons (Fsp3) is 0.393. The summed E-state index contributed by atoms with van der Waals surface area (Å²) in [4.78, 5) is 26.5. The molecule has 1 atom stereocenters. The Morgan fingerprint density at radius 2 is 1.69 bits per heavy atom. The van der Waals surface area contributed by atoms with Gasteiger partial charge in [0.05, 0.1) is 24.9 Å². The molecule has 0 radical (unpaired) electrons. The predicted molar refractivity (Wildman–Crippen MR) is 144 cm³/mol. The maximum atomic E-state index is 12.8. The summed E-state index contributed by atoms with van der Waals surface area (Å²) in [5, 5.41) is 6.38. The van der Waals surface area contributed by atoms with Gasteiger partial charge in [0.15, 0.2) is 0 Å². The van der Waals surface area contributed by atoms with Crippen LogP contribution in [0.15, 0.2) is 60.8 Å². The highest BCUT2D eigenvalue weighted by Gasteiger charge is 2.32. The number of benzene rings is 2. The van der Waals surface area contributed by atoms with Crippen LogP contribution in [0.1, 0.15) is 26.7 Å². The number of aromatic nitrogens is 2. The van der Waals surface area contributed by atoms with Gasteiger partial charge in [-0.05, 0) is 75.7 Å². The van der Waals surface area contributed by atoms with E-state index < -0.39 is 0 Å². The second-order valence-corrected chi connectivity index (χ2v) is 9.59. The van der Waals surface area contributed by atoms with E-state index in [2.05, 4.69) is 51.4 Å². The number of rotatable bonds is 7. The average Bonchev–Trinajstić information content (AvgIpc) is 3.41. The summed E-state index contributed by atoms with van der Waals surface area (Å²) in [6.45, 7) is 8.64. The molecule has 2 N–H and O–H groups in total. The van der Waals surface area contributed by atoms with E-state index in [0.29, 0.717) is 12.0 Å². The van der Waals surface area contributed by atoms with Crippen molar-refractivity contribution in [3.8, 4) is 11.3 Å². The van der Waals surface area contributed by atoms with Crippen LogP contribution in [0.5, 0.6) is 0 Å². The fourth-order valence-electron chi connectivity index (χ4n) is 4.92. The van der Waals surface area contributed by atoms with Crippen LogP contribution in [0.4, 0.5) is 23.0 Å². The van der Waals surface area contributed by atoms with Crippen molar-refractivity contribution >= 4 is 28.9 Å². The van der Waals surface area contributed by atoms with Gasteiger partial charge in [-0.3, -0.25) is 9.69 Å². The molecular formula is C28H34N6O2. The highest BCUT2D eigenvalue weighted by Crippen LogP contribution is 2.25. The van der Waals surface area contributed by atoms with E-state index in [0.717, 1.165) is 68.3 Å². The number of carbonyl (C=O) groups excluding carboxylic acids is 1. The zero-order chi connectivity index (χ0) is 24.9. The minimum absolute atomic E-state index is 0.0527. The van der Waals surface area contributed by atoms with Crippen LogP contribution in [0.3, 0.4) is 0 Å². The van der Waals surface area contributed by atoms with Crippen molar-refractivity contribution in [2.75, 3.05) is 48.4 Å². The van der Waals surface area contributed by atoms with Crippen LogP contribution in [-0.4, -0.2) is 65.7 Å². The molecule has 2 fully saturated rings. The Morgan fingerprint density at radius 1 is 0.972 bits per heavy atom. The molecule has 3 heterocycles. The van der Waals surface area contributed by atoms with Crippen molar-refractivity contribution in [1.82, 2.24) is 14.9 Å². The SMILES string of the molecule is CC(C)N1CCC[C@H]1C(=O)Nc1ccc(-c2ccnc(Nc3ccc(N4CCOCC4)cc3)n2)cc1. The first-order chi connectivity index (χ1) is 17.6.